The molecule has 3 aromatic rings. The minimum atomic E-state index is -1.19. The summed E-state index contributed by atoms with van der Waals surface area (Å²) in [5, 5.41) is 9.21. The standard InChI is InChI=1S/C16H10ClFN2O4/c17-12-3-1-8(5-10(12)15(22)23)7-20-13-4-2-9(18)6-11(13)14(21)19-16(20)24/h1-6H,7H2,(H,22,23)(H,19,21,24). The summed E-state index contributed by atoms with van der Waals surface area (Å²) in [6.45, 7) is -0.00477. The quantitative estimate of drug-likeness (QED) is 0.759. The molecule has 1 heterocycles. The highest BCUT2D eigenvalue weighted by molar-refractivity contribution is 6.33. The number of benzene rings is 2. The first-order valence-corrected chi connectivity index (χ1v) is 7.18. The lowest BCUT2D eigenvalue weighted by Gasteiger charge is -2.10. The van der Waals surface area contributed by atoms with Gasteiger partial charge >= 0.3 is 11.7 Å². The van der Waals surface area contributed by atoms with Crippen LogP contribution in [-0.2, 0) is 6.54 Å². The van der Waals surface area contributed by atoms with Crippen molar-refractivity contribution in [1.29, 1.82) is 0 Å². The maximum absolute atomic E-state index is 13.3. The summed E-state index contributed by atoms with van der Waals surface area (Å²) >= 11 is 5.82. The van der Waals surface area contributed by atoms with Crippen molar-refractivity contribution in [3.8, 4) is 0 Å². The molecule has 0 unspecified atom stereocenters. The Hall–Kier alpha value is -2.93. The number of aromatic nitrogens is 2. The van der Waals surface area contributed by atoms with Crippen LogP contribution in [-0.4, -0.2) is 20.6 Å². The number of H-pyrrole nitrogens is 1. The zero-order valence-electron chi connectivity index (χ0n) is 12.0. The zero-order valence-corrected chi connectivity index (χ0v) is 12.8. The predicted octanol–water partition coefficient (Wildman–Crippen LogP) is 2.23. The van der Waals surface area contributed by atoms with Crippen LogP contribution in [0.15, 0.2) is 46.0 Å². The molecule has 2 N–H and O–H groups in total. The largest absolute Gasteiger partial charge is 0.478 e. The molecule has 8 heteroatoms. The molecule has 0 saturated heterocycles. The molecule has 0 bridgehead atoms. The van der Waals surface area contributed by atoms with E-state index in [9.17, 15) is 18.8 Å². The van der Waals surface area contributed by atoms with E-state index in [1.165, 1.54) is 22.8 Å². The third-order valence-electron chi connectivity index (χ3n) is 3.56. The van der Waals surface area contributed by atoms with Gasteiger partial charge in [-0.15, -0.1) is 0 Å². The summed E-state index contributed by atoms with van der Waals surface area (Å²) in [6.07, 6.45) is 0. The molecule has 0 spiro atoms. The van der Waals surface area contributed by atoms with Gasteiger partial charge in [-0.3, -0.25) is 14.3 Å². The van der Waals surface area contributed by atoms with Crippen LogP contribution in [0.4, 0.5) is 4.39 Å². The average molecular weight is 349 g/mol. The van der Waals surface area contributed by atoms with Gasteiger partial charge in [-0.25, -0.2) is 14.0 Å². The number of nitrogens with one attached hydrogen (secondary N) is 1. The SMILES string of the molecule is O=C(O)c1cc(Cn2c(=O)[nH]c(=O)c3cc(F)ccc32)ccc1Cl. The van der Waals surface area contributed by atoms with E-state index >= 15 is 0 Å². The molecule has 0 atom stereocenters. The Morgan fingerprint density at radius 1 is 1.21 bits per heavy atom. The van der Waals surface area contributed by atoms with Gasteiger partial charge in [-0.2, -0.15) is 0 Å². The smallest absolute Gasteiger partial charge is 0.337 e. The summed E-state index contributed by atoms with van der Waals surface area (Å²) in [5.41, 5.74) is -0.713. The molecule has 2 aromatic carbocycles. The molecule has 1 aromatic heterocycles. The first-order chi connectivity index (χ1) is 11.4. The van der Waals surface area contributed by atoms with Crippen molar-refractivity contribution in [3.63, 3.8) is 0 Å². The van der Waals surface area contributed by atoms with E-state index in [4.69, 9.17) is 16.7 Å². The van der Waals surface area contributed by atoms with E-state index in [1.807, 2.05) is 0 Å². The molecule has 0 radical (unpaired) electrons. The lowest BCUT2D eigenvalue weighted by Crippen LogP contribution is -2.30. The molecule has 0 aliphatic rings. The van der Waals surface area contributed by atoms with Crippen molar-refractivity contribution >= 4 is 28.5 Å². The topological polar surface area (TPSA) is 92.2 Å². The lowest BCUT2D eigenvalue weighted by molar-refractivity contribution is 0.0697. The van der Waals surface area contributed by atoms with Gasteiger partial charge in [0.25, 0.3) is 5.56 Å². The number of nitrogens with zero attached hydrogens (tertiary/aromatic N) is 1. The summed E-state index contributed by atoms with van der Waals surface area (Å²) in [5.74, 6) is -1.79. The maximum atomic E-state index is 13.3. The van der Waals surface area contributed by atoms with E-state index in [2.05, 4.69) is 4.98 Å². The second kappa shape index (κ2) is 5.93. The number of carboxylic acid groups (broad SMARTS) is 1. The van der Waals surface area contributed by atoms with Gasteiger partial charge in [0, 0.05) is 0 Å². The monoisotopic (exact) mass is 348 g/mol. The second-order valence-corrected chi connectivity index (χ2v) is 5.53. The van der Waals surface area contributed by atoms with Gasteiger partial charge in [0.15, 0.2) is 0 Å². The second-order valence-electron chi connectivity index (χ2n) is 5.13. The molecule has 0 fully saturated rings. The fourth-order valence-corrected chi connectivity index (χ4v) is 2.64. The number of fused-ring (bicyclic) bond motifs is 1. The molecule has 122 valence electrons. The van der Waals surface area contributed by atoms with Gasteiger partial charge in [-0.1, -0.05) is 17.7 Å². The summed E-state index contributed by atoms with van der Waals surface area (Å²) in [7, 11) is 0. The predicted molar refractivity (Wildman–Crippen MR) is 86.3 cm³/mol. The normalized spacial score (nSPS) is 10.9. The Morgan fingerprint density at radius 3 is 2.67 bits per heavy atom. The fourth-order valence-electron chi connectivity index (χ4n) is 2.44. The van der Waals surface area contributed by atoms with Crippen molar-refractivity contribution in [2.45, 2.75) is 6.54 Å². The summed E-state index contributed by atoms with van der Waals surface area (Å²) < 4.78 is 14.6. The van der Waals surface area contributed by atoms with Gasteiger partial charge in [0.1, 0.15) is 5.82 Å². The Morgan fingerprint density at radius 2 is 1.96 bits per heavy atom. The molecular weight excluding hydrogens is 339 g/mol. The van der Waals surface area contributed by atoms with E-state index in [-0.39, 0.29) is 28.0 Å². The number of halogens is 2. The van der Waals surface area contributed by atoms with Crippen molar-refractivity contribution < 1.29 is 14.3 Å². The number of hydrogen-bond donors (Lipinski definition) is 2. The number of hydrogen-bond acceptors (Lipinski definition) is 3. The minimum Gasteiger partial charge on any atom is -0.478 e. The Kier molecular flexibility index (Phi) is 3.94. The molecule has 6 nitrogen and oxygen atoms in total. The molecule has 0 saturated carbocycles. The van der Waals surface area contributed by atoms with Gasteiger partial charge in [0.2, 0.25) is 0 Å². The summed E-state index contributed by atoms with van der Waals surface area (Å²) in [6, 6.07) is 7.84. The Labute approximate surface area is 138 Å². The zero-order chi connectivity index (χ0) is 17.4. The van der Waals surface area contributed by atoms with Crippen molar-refractivity contribution in [3.05, 3.63) is 79.2 Å². The molecule has 24 heavy (non-hydrogen) atoms. The van der Waals surface area contributed by atoms with Crippen LogP contribution in [0.1, 0.15) is 15.9 Å². The average Bonchev–Trinajstić information content (AvgIpc) is 2.53. The molecule has 0 aliphatic carbocycles. The Balaban J connectivity index is 2.18. The number of rotatable bonds is 3. The number of carboxylic acids is 1. The van der Waals surface area contributed by atoms with Crippen LogP contribution in [0, 0.1) is 5.82 Å². The third-order valence-corrected chi connectivity index (χ3v) is 3.89. The molecule has 3 rings (SSSR count). The van der Waals surface area contributed by atoms with Crippen LogP contribution in [0.2, 0.25) is 5.02 Å². The third kappa shape index (κ3) is 2.81. The van der Waals surface area contributed by atoms with Crippen LogP contribution in [0.3, 0.4) is 0 Å². The highest BCUT2D eigenvalue weighted by Crippen LogP contribution is 2.19. The molecular formula is C16H10ClFN2O4. The summed E-state index contributed by atoms with van der Waals surface area (Å²) in [4.78, 5) is 37.2. The van der Waals surface area contributed by atoms with E-state index in [0.717, 1.165) is 12.1 Å². The van der Waals surface area contributed by atoms with Gasteiger partial charge in [-0.05, 0) is 35.9 Å². The highest BCUT2D eigenvalue weighted by Gasteiger charge is 2.12. The fraction of sp³-hybridized carbons (Fsp3) is 0.0625. The lowest BCUT2D eigenvalue weighted by atomic mass is 10.1. The Bertz CT molecular complexity index is 1090. The van der Waals surface area contributed by atoms with Gasteiger partial charge in [0.05, 0.1) is 28.0 Å². The van der Waals surface area contributed by atoms with Crippen LogP contribution in [0.5, 0.6) is 0 Å². The van der Waals surface area contributed by atoms with Crippen molar-refractivity contribution in [1.82, 2.24) is 9.55 Å². The highest BCUT2D eigenvalue weighted by atomic mass is 35.5. The molecule has 0 amide bonds. The van der Waals surface area contributed by atoms with Crippen molar-refractivity contribution in [2.24, 2.45) is 0 Å². The first-order valence-electron chi connectivity index (χ1n) is 6.81. The number of aromatic amines is 1. The van der Waals surface area contributed by atoms with E-state index in [0.29, 0.717) is 5.56 Å². The van der Waals surface area contributed by atoms with Crippen LogP contribution >= 0.6 is 11.6 Å². The molecule has 0 aliphatic heterocycles. The number of carbonyl (C=O) groups is 1. The maximum Gasteiger partial charge on any atom is 0.337 e. The minimum absolute atomic E-state index is 0.00477. The number of aromatic carboxylic acids is 1. The first kappa shape index (κ1) is 15.9. The van der Waals surface area contributed by atoms with E-state index < -0.39 is 23.0 Å². The van der Waals surface area contributed by atoms with Crippen LogP contribution < -0.4 is 11.2 Å². The van der Waals surface area contributed by atoms with E-state index in [1.54, 1.807) is 6.07 Å². The van der Waals surface area contributed by atoms with Crippen molar-refractivity contribution in [2.75, 3.05) is 0 Å². The van der Waals surface area contributed by atoms with Crippen LogP contribution in [0.25, 0.3) is 10.9 Å². The van der Waals surface area contributed by atoms with Gasteiger partial charge < -0.3 is 5.11 Å².